The second kappa shape index (κ2) is 8.57. The number of hydrogen-bond donors (Lipinski definition) is 2. The number of carbonyl (C=O) groups excluding carboxylic acids is 2. The molecule has 2 fully saturated rings. The number of rotatable bonds is 6. The molecule has 1 saturated carbocycles. The van der Waals surface area contributed by atoms with Crippen LogP contribution in [0.5, 0.6) is 0 Å². The first-order valence-corrected chi connectivity index (χ1v) is 11.7. The molecule has 0 aromatic heterocycles. The van der Waals surface area contributed by atoms with Gasteiger partial charge in [-0.05, 0) is 62.1 Å². The fourth-order valence-corrected chi connectivity index (χ4v) is 5.05. The van der Waals surface area contributed by atoms with Gasteiger partial charge in [-0.25, -0.2) is 8.42 Å². The van der Waals surface area contributed by atoms with Crippen LogP contribution in [0, 0.1) is 0 Å². The molecule has 7 nitrogen and oxygen atoms in total. The van der Waals surface area contributed by atoms with Crippen LogP contribution in [0.2, 0.25) is 0 Å². The molecular weight excluding hydrogens is 402 g/mol. The minimum Gasteiger partial charge on any atom is -0.349 e. The molecule has 1 saturated heterocycles. The van der Waals surface area contributed by atoms with Crippen molar-refractivity contribution in [1.82, 2.24) is 9.62 Å². The highest BCUT2D eigenvalue weighted by atomic mass is 32.2. The van der Waals surface area contributed by atoms with Crippen LogP contribution in [0.4, 0.5) is 5.69 Å². The summed E-state index contributed by atoms with van der Waals surface area (Å²) in [6.45, 7) is 1.02. The van der Waals surface area contributed by atoms with Crippen LogP contribution in [-0.2, 0) is 10.0 Å². The predicted molar refractivity (Wildman–Crippen MR) is 114 cm³/mol. The van der Waals surface area contributed by atoms with Crippen molar-refractivity contribution in [3.63, 3.8) is 0 Å². The molecule has 2 aromatic carbocycles. The Morgan fingerprint density at radius 1 is 0.867 bits per heavy atom. The zero-order valence-electron chi connectivity index (χ0n) is 16.6. The van der Waals surface area contributed by atoms with Crippen molar-refractivity contribution >= 4 is 27.5 Å². The Morgan fingerprint density at radius 2 is 1.53 bits per heavy atom. The van der Waals surface area contributed by atoms with Gasteiger partial charge in [-0.3, -0.25) is 9.59 Å². The third-order valence-corrected chi connectivity index (χ3v) is 7.24. The van der Waals surface area contributed by atoms with Gasteiger partial charge in [-0.1, -0.05) is 18.6 Å². The summed E-state index contributed by atoms with van der Waals surface area (Å²) < 4.78 is 27.2. The second-order valence-corrected chi connectivity index (χ2v) is 9.71. The van der Waals surface area contributed by atoms with Crippen LogP contribution in [0.15, 0.2) is 53.4 Å². The molecule has 0 radical (unpaired) electrons. The maximum atomic E-state index is 12.9. The van der Waals surface area contributed by atoms with E-state index in [0.29, 0.717) is 24.3 Å². The van der Waals surface area contributed by atoms with Crippen LogP contribution in [-0.4, -0.2) is 43.7 Å². The highest BCUT2D eigenvalue weighted by Gasteiger charge is 2.27. The summed E-state index contributed by atoms with van der Waals surface area (Å²) in [5, 5.41) is 5.67. The Kier molecular flexibility index (Phi) is 5.87. The average molecular weight is 428 g/mol. The molecule has 0 bridgehead atoms. The number of hydrogen-bond acceptors (Lipinski definition) is 4. The van der Waals surface area contributed by atoms with Crippen LogP contribution in [0.3, 0.4) is 0 Å². The lowest BCUT2D eigenvalue weighted by molar-refractivity contribution is 0.0949. The molecule has 2 N–H and O–H groups in total. The SMILES string of the molecule is O=C(Nc1cccc(C(=O)NC2CC2)c1)c1cccc(S(=O)(=O)N2CCCCC2)c1. The van der Waals surface area contributed by atoms with Gasteiger partial charge >= 0.3 is 0 Å². The molecule has 1 aliphatic heterocycles. The number of carbonyl (C=O) groups is 2. The lowest BCUT2D eigenvalue weighted by Crippen LogP contribution is -2.35. The van der Waals surface area contributed by atoms with Gasteiger partial charge in [0.25, 0.3) is 11.8 Å². The minimum atomic E-state index is -3.61. The van der Waals surface area contributed by atoms with Gasteiger partial charge in [0, 0.05) is 35.9 Å². The largest absolute Gasteiger partial charge is 0.349 e. The first-order valence-electron chi connectivity index (χ1n) is 10.3. The molecule has 0 spiro atoms. The predicted octanol–water partition coefficient (Wildman–Crippen LogP) is 3.01. The summed E-state index contributed by atoms with van der Waals surface area (Å²) in [6, 6.07) is 13.0. The van der Waals surface area contributed by atoms with Crippen molar-refractivity contribution in [2.75, 3.05) is 18.4 Å². The van der Waals surface area contributed by atoms with Crippen molar-refractivity contribution in [2.45, 2.75) is 43.0 Å². The summed E-state index contributed by atoms with van der Waals surface area (Å²) in [5.41, 5.74) is 1.20. The van der Waals surface area contributed by atoms with Crippen LogP contribution in [0.1, 0.15) is 52.8 Å². The number of sulfonamides is 1. The van der Waals surface area contributed by atoms with Gasteiger partial charge in [0.05, 0.1) is 4.90 Å². The Hall–Kier alpha value is -2.71. The van der Waals surface area contributed by atoms with Crippen molar-refractivity contribution in [1.29, 1.82) is 0 Å². The van der Waals surface area contributed by atoms with Crippen LogP contribution >= 0.6 is 0 Å². The number of anilines is 1. The summed E-state index contributed by atoms with van der Waals surface area (Å²) in [4.78, 5) is 25.1. The van der Waals surface area contributed by atoms with E-state index in [0.717, 1.165) is 32.1 Å². The quantitative estimate of drug-likeness (QED) is 0.741. The van der Waals surface area contributed by atoms with E-state index in [4.69, 9.17) is 0 Å². The fraction of sp³-hybridized carbons (Fsp3) is 0.364. The van der Waals surface area contributed by atoms with E-state index in [1.54, 1.807) is 36.4 Å². The monoisotopic (exact) mass is 427 g/mol. The zero-order valence-corrected chi connectivity index (χ0v) is 17.5. The molecule has 0 unspecified atom stereocenters. The molecule has 0 atom stereocenters. The Balaban J connectivity index is 1.49. The number of nitrogens with one attached hydrogen (secondary N) is 2. The summed E-state index contributed by atoms with van der Waals surface area (Å²) in [6.07, 6.45) is 4.73. The normalized spacial score (nSPS) is 17.3. The van der Waals surface area contributed by atoms with Gasteiger partial charge in [0.1, 0.15) is 0 Å². The molecule has 1 heterocycles. The topological polar surface area (TPSA) is 95.6 Å². The molecular formula is C22H25N3O4S. The first-order chi connectivity index (χ1) is 14.4. The maximum absolute atomic E-state index is 12.9. The molecule has 4 rings (SSSR count). The van der Waals surface area contributed by atoms with Gasteiger partial charge in [0.15, 0.2) is 0 Å². The fourth-order valence-electron chi connectivity index (χ4n) is 3.49. The lowest BCUT2D eigenvalue weighted by atomic mass is 10.1. The highest BCUT2D eigenvalue weighted by molar-refractivity contribution is 7.89. The number of nitrogens with zero attached hydrogens (tertiary/aromatic N) is 1. The van der Waals surface area contributed by atoms with Gasteiger partial charge in [-0.15, -0.1) is 0 Å². The summed E-state index contributed by atoms with van der Waals surface area (Å²) >= 11 is 0. The van der Waals surface area contributed by atoms with Crippen molar-refractivity contribution < 1.29 is 18.0 Å². The van der Waals surface area contributed by atoms with Crippen molar-refractivity contribution in [3.05, 3.63) is 59.7 Å². The Morgan fingerprint density at radius 3 is 2.23 bits per heavy atom. The second-order valence-electron chi connectivity index (χ2n) is 7.78. The summed E-state index contributed by atoms with van der Waals surface area (Å²) in [5.74, 6) is -0.589. The lowest BCUT2D eigenvalue weighted by Gasteiger charge is -2.26. The Bertz CT molecular complexity index is 1060. The zero-order chi connectivity index (χ0) is 21.1. The van der Waals surface area contributed by atoms with Gasteiger partial charge < -0.3 is 10.6 Å². The third kappa shape index (κ3) is 4.71. The van der Waals surface area contributed by atoms with Crippen molar-refractivity contribution in [3.8, 4) is 0 Å². The minimum absolute atomic E-state index is 0.120. The smallest absolute Gasteiger partial charge is 0.255 e. The van der Waals surface area contributed by atoms with Crippen molar-refractivity contribution in [2.24, 2.45) is 0 Å². The van der Waals surface area contributed by atoms with E-state index in [-0.39, 0.29) is 22.4 Å². The maximum Gasteiger partial charge on any atom is 0.255 e. The molecule has 1 aliphatic carbocycles. The van der Waals surface area contributed by atoms with Gasteiger partial charge in [-0.2, -0.15) is 4.31 Å². The van der Waals surface area contributed by atoms with Gasteiger partial charge in [0.2, 0.25) is 10.0 Å². The van der Waals surface area contributed by atoms with E-state index < -0.39 is 15.9 Å². The molecule has 158 valence electrons. The number of benzene rings is 2. The van der Waals surface area contributed by atoms with Crippen LogP contribution < -0.4 is 10.6 Å². The van der Waals surface area contributed by atoms with E-state index in [1.807, 2.05) is 0 Å². The number of amides is 2. The summed E-state index contributed by atoms with van der Waals surface area (Å²) in [7, 11) is -3.61. The molecule has 8 heteroatoms. The van der Waals surface area contributed by atoms with E-state index in [9.17, 15) is 18.0 Å². The van der Waals surface area contributed by atoms with E-state index >= 15 is 0 Å². The average Bonchev–Trinajstić information content (AvgIpc) is 3.58. The highest BCUT2D eigenvalue weighted by Crippen LogP contribution is 2.22. The van der Waals surface area contributed by atoms with E-state index in [1.165, 1.54) is 16.4 Å². The van der Waals surface area contributed by atoms with E-state index in [2.05, 4.69) is 10.6 Å². The van der Waals surface area contributed by atoms with Crippen LogP contribution in [0.25, 0.3) is 0 Å². The first kappa shape index (κ1) is 20.6. The number of piperidine rings is 1. The molecule has 2 amide bonds. The standard InChI is InChI=1S/C22H25N3O4S/c26-21(23-18-10-11-18)16-6-4-8-19(14-16)24-22(27)17-7-5-9-20(15-17)30(28,29)25-12-2-1-3-13-25/h4-9,14-15,18H,1-3,10-13H2,(H,23,26)(H,24,27). The molecule has 30 heavy (non-hydrogen) atoms. The third-order valence-electron chi connectivity index (χ3n) is 5.34. The molecule has 2 aliphatic rings. The Labute approximate surface area is 176 Å². The molecule has 2 aromatic rings.